The molecule has 8 heteroatoms. The van der Waals surface area contributed by atoms with Crippen molar-refractivity contribution in [3.05, 3.63) is 44.8 Å². The van der Waals surface area contributed by atoms with Crippen LogP contribution < -0.4 is 0 Å². The third-order valence-electron chi connectivity index (χ3n) is 6.05. The number of hydrogen-bond acceptors (Lipinski definition) is 2. The molecular formula is C26H28Br2F3NO2. The zero-order valence-electron chi connectivity index (χ0n) is 19.0. The summed E-state index contributed by atoms with van der Waals surface area (Å²) in [7, 11) is 0. The molecular weight excluding hydrogens is 575 g/mol. The average molecular weight is 603 g/mol. The van der Waals surface area contributed by atoms with Crippen molar-refractivity contribution < 1.29 is 22.8 Å². The lowest BCUT2D eigenvalue weighted by molar-refractivity contribution is -0.125. The molecule has 0 aliphatic carbocycles. The molecule has 2 aromatic carbocycles. The smallest absolute Gasteiger partial charge is 0.304 e. The molecule has 3 nitrogen and oxygen atoms in total. The Kier molecular flexibility index (Phi) is 9.38. The molecule has 0 saturated heterocycles. The number of alkyl halides is 3. The van der Waals surface area contributed by atoms with Gasteiger partial charge in [0.05, 0.1) is 16.4 Å². The number of halogens is 5. The number of aromatic nitrogens is 1. The number of unbranched alkanes of at least 4 members (excludes halogenated alkanes) is 5. The van der Waals surface area contributed by atoms with Crippen LogP contribution in [0.4, 0.5) is 13.2 Å². The molecule has 0 radical (unpaired) electrons. The van der Waals surface area contributed by atoms with Crippen molar-refractivity contribution in [1.29, 1.82) is 0 Å². The number of rotatable bonds is 13. The fourth-order valence-corrected chi connectivity index (χ4v) is 5.34. The predicted molar refractivity (Wildman–Crippen MR) is 137 cm³/mol. The Hall–Kier alpha value is -1.67. The fourth-order valence-electron chi connectivity index (χ4n) is 4.23. The summed E-state index contributed by atoms with van der Waals surface area (Å²) >= 11 is 6.64. The Morgan fingerprint density at radius 3 is 2.32 bits per heavy atom. The summed E-state index contributed by atoms with van der Waals surface area (Å²) in [6.07, 6.45) is 2.11. The number of ketones is 2. The number of benzene rings is 2. The molecule has 1 N–H and O–H groups in total. The lowest BCUT2D eigenvalue weighted by Gasteiger charge is -2.23. The third-order valence-corrected chi connectivity index (χ3v) is 8.19. The monoisotopic (exact) mass is 601 g/mol. The number of H-pyrrole nitrogens is 1. The van der Waals surface area contributed by atoms with Crippen LogP contribution in [0.3, 0.4) is 0 Å². The number of fused-ring (bicyclic) bond motifs is 3. The van der Waals surface area contributed by atoms with Crippen LogP contribution in [0.2, 0.25) is 0 Å². The molecule has 1 unspecified atom stereocenters. The van der Waals surface area contributed by atoms with E-state index in [2.05, 4.69) is 36.8 Å². The summed E-state index contributed by atoms with van der Waals surface area (Å²) in [6, 6.07) is 8.80. The molecule has 0 saturated carbocycles. The Labute approximate surface area is 214 Å². The maximum absolute atomic E-state index is 15.2. The van der Waals surface area contributed by atoms with Gasteiger partial charge in [-0.05, 0) is 63.8 Å². The molecule has 1 atom stereocenters. The van der Waals surface area contributed by atoms with Gasteiger partial charge in [-0.2, -0.15) is 8.78 Å². The van der Waals surface area contributed by atoms with Gasteiger partial charge >= 0.3 is 5.92 Å². The van der Waals surface area contributed by atoms with Crippen LogP contribution in [0, 0.1) is 0 Å². The molecule has 1 aromatic heterocycles. The Morgan fingerprint density at radius 1 is 0.971 bits per heavy atom. The van der Waals surface area contributed by atoms with Crippen LogP contribution in [0.25, 0.3) is 21.8 Å². The van der Waals surface area contributed by atoms with Crippen molar-refractivity contribution in [2.24, 2.45) is 0 Å². The second-order valence-electron chi connectivity index (χ2n) is 8.81. The Balaban J connectivity index is 1.54. The number of carbonyl (C=O) groups excluding carboxylic acids is 2. The van der Waals surface area contributed by atoms with Crippen molar-refractivity contribution in [3.8, 4) is 0 Å². The maximum atomic E-state index is 15.2. The number of carbonyl (C=O) groups is 2. The minimum atomic E-state index is -3.63. The standard InChI is InChI=1S/C26H28Br2F3NO2/c1-16(33)14-17(34)10-6-4-2-3-5-7-13-22(29)26(30,31)20-15-19-18-11-8-9-12-21(18)32-25(19)24(28)23(20)27/h8-9,11-12,15,22,32H,2-7,10,13-14H2,1H3. The summed E-state index contributed by atoms with van der Waals surface area (Å²) in [5.41, 5.74) is 1.15. The first kappa shape index (κ1) is 26.9. The van der Waals surface area contributed by atoms with Crippen molar-refractivity contribution in [1.82, 2.24) is 4.98 Å². The van der Waals surface area contributed by atoms with Crippen molar-refractivity contribution in [3.63, 3.8) is 0 Å². The molecule has 0 bridgehead atoms. The highest BCUT2D eigenvalue weighted by atomic mass is 79.9. The van der Waals surface area contributed by atoms with Crippen molar-refractivity contribution in [2.75, 3.05) is 0 Å². The van der Waals surface area contributed by atoms with Gasteiger partial charge in [0.2, 0.25) is 0 Å². The number of para-hydroxylation sites is 1. The van der Waals surface area contributed by atoms with Crippen LogP contribution in [0.15, 0.2) is 39.3 Å². The van der Waals surface area contributed by atoms with E-state index < -0.39 is 12.1 Å². The molecule has 0 fully saturated rings. The van der Waals surface area contributed by atoms with Gasteiger partial charge in [0.1, 0.15) is 11.6 Å². The summed E-state index contributed by atoms with van der Waals surface area (Å²) in [5, 5.41) is 1.43. The van der Waals surface area contributed by atoms with E-state index in [1.54, 1.807) is 0 Å². The zero-order chi connectivity index (χ0) is 24.9. The Morgan fingerprint density at radius 2 is 1.62 bits per heavy atom. The largest absolute Gasteiger partial charge is 0.354 e. The fraction of sp³-hybridized carbons (Fsp3) is 0.462. The highest BCUT2D eigenvalue weighted by Gasteiger charge is 2.44. The highest BCUT2D eigenvalue weighted by Crippen LogP contribution is 2.46. The lowest BCUT2D eigenvalue weighted by Crippen LogP contribution is -2.28. The van der Waals surface area contributed by atoms with E-state index in [-0.39, 0.29) is 34.4 Å². The molecule has 34 heavy (non-hydrogen) atoms. The van der Waals surface area contributed by atoms with Crippen molar-refractivity contribution in [2.45, 2.75) is 76.8 Å². The van der Waals surface area contributed by atoms with E-state index >= 15 is 8.78 Å². The van der Waals surface area contributed by atoms with Crippen LogP contribution >= 0.6 is 31.9 Å². The van der Waals surface area contributed by atoms with E-state index in [9.17, 15) is 14.0 Å². The number of nitrogens with one attached hydrogen (secondary N) is 1. The molecule has 0 amide bonds. The zero-order valence-corrected chi connectivity index (χ0v) is 22.2. The van der Waals surface area contributed by atoms with E-state index in [1.165, 1.54) is 13.0 Å². The van der Waals surface area contributed by atoms with E-state index in [4.69, 9.17) is 0 Å². The summed E-state index contributed by atoms with van der Waals surface area (Å²) in [6.45, 7) is 1.40. The first-order valence-corrected chi connectivity index (χ1v) is 13.1. The van der Waals surface area contributed by atoms with E-state index in [1.807, 2.05) is 24.3 Å². The molecule has 0 aliphatic rings. The minimum Gasteiger partial charge on any atom is -0.354 e. The molecule has 0 spiro atoms. The van der Waals surface area contributed by atoms with Gasteiger partial charge in [-0.3, -0.25) is 9.59 Å². The van der Waals surface area contributed by atoms with Gasteiger partial charge in [-0.1, -0.05) is 50.3 Å². The van der Waals surface area contributed by atoms with E-state index in [0.29, 0.717) is 34.6 Å². The van der Waals surface area contributed by atoms with Gasteiger partial charge in [-0.15, -0.1) is 0 Å². The van der Waals surface area contributed by atoms with E-state index in [0.717, 1.165) is 36.6 Å². The molecule has 3 rings (SSSR count). The molecule has 1 heterocycles. The van der Waals surface area contributed by atoms with Crippen LogP contribution in [0.5, 0.6) is 0 Å². The van der Waals surface area contributed by atoms with Gasteiger partial charge < -0.3 is 4.98 Å². The second-order valence-corrected chi connectivity index (χ2v) is 10.4. The van der Waals surface area contributed by atoms with Crippen LogP contribution in [0.1, 0.15) is 70.3 Å². The van der Waals surface area contributed by atoms with Crippen LogP contribution in [-0.2, 0) is 15.5 Å². The lowest BCUT2D eigenvalue weighted by atomic mass is 9.97. The number of aromatic amines is 1. The summed E-state index contributed by atoms with van der Waals surface area (Å²) in [5.74, 6) is -3.80. The summed E-state index contributed by atoms with van der Waals surface area (Å²) in [4.78, 5) is 25.6. The van der Waals surface area contributed by atoms with Crippen molar-refractivity contribution >= 4 is 65.2 Å². The molecule has 0 aliphatic heterocycles. The third kappa shape index (κ3) is 6.30. The number of Topliss-reactive ketones (excluding diaryl/α,β-unsaturated/α-hetero) is 2. The topological polar surface area (TPSA) is 49.9 Å². The predicted octanol–water partition coefficient (Wildman–Crippen LogP) is 8.95. The number of hydrogen-bond donors (Lipinski definition) is 1. The average Bonchev–Trinajstić information content (AvgIpc) is 3.16. The molecule has 184 valence electrons. The summed E-state index contributed by atoms with van der Waals surface area (Å²) < 4.78 is 45.7. The van der Waals surface area contributed by atoms with Gasteiger partial charge in [0, 0.05) is 32.7 Å². The SMILES string of the molecule is CC(=O)CC(=O)CCCCCCCCC(F)C(F)(F)c1cc2c([nH]c3ccccc32)c(Br)c1Br. The van der Waals surface area contributed by atoms with Gasteiger partial charge in [-0.25, -0.2) is 4.39 Å². The second kappa shape index (κ2) is 11.8. The minimum absolute atomic E-state index is 0.00791. The van der Waals surface area contributed by atoms with Gasteiger partial charge in [0.25, 0.3) is 0 Å². The molecule has 3 aromatic rings. The van der Waals surface area contributed by atoms with Crippen LogP contribution in [-0.4, -0.2) is 22.7 Å². The maximum Gasteiger partial charge on any atom is 0.304 e. The quantitative estimate of drug-likeness (QED) is 0.157. The Bertz CT molecular complexity index is 1180. The van der Waals surface area contributed by atoms with Gasteiger partial charge in [0.15, 0.2) is 6.17 Å². The normalized spacial score (nSPS) is 13.0. The highest BCUT2D eigenvalue weighted by molar-refractivity contribution is 9.13. The first-order valence-electron chi connectivity index (χ1n) is 11.5. The first-order chi connectivity index (χ1) is 16.1.